The van der Waals surface area contributed by atoms with Gasteiger partial charge in [-0.25, -0.2) is 4.21 Å². The highest BCUT2D eigenvalue weighted by Gasteiger charge is 2.21. The van der Waals surface area contributed by atoms with Gasteiger partial charge in [-0.05, 0) is 31.2 Å². The van der Waals surface area contributed by atoms with Crippen molar-refractivity contribution in [2.75, 3.05) is 14.1 Å². The Bertz CT molecular complexity index is 787. The van der Waals surface area contributed by atoms with Crippen LogP contribution in [0.1, 0.15) is 26.3 Å². The van der Waals surface area contributed by atoms with Crippen LogP contribution in [0.3, 0.4) is 0 Å². The van der Waals surface area contributed by atoms with Crippen LogP contribution >= 0.6 is 0 Å². The van der Waals surface area contributed by atoms with Crippen LogP contribution < -0.4 is 10.6 Å². The topological polar surface area (TPSA) is 75.3 Å². The number of benzene rings is 2. The molecule has 6 heteroatoms. The standard InChI is InChI=1S/C17H18N2O3S/c1-11-8-9-15(13(10-11)17(21)19-3)23(22)14-7-5-4-6-12(14)16(20)18-2/h4-10H,1-3H3,(H,18,20)(H,19,21). The third kappa shape index (κ3) is 3.48. The van der Waals surface area contributed by atoms with Crippen LogP contribution in [0.4, 0.5) is 0 Å². The highest BCUT2D eigenvalue weighted by Crippen LogP contribution is 2.24. The van der Waals surface area contributed by atoms with Crippen LogP contribution in [0.2, 0.25) is 0 Å². The summed E-state index contributed by atoms with van der Waals surface area (Å²) in [7, 11) is 1.40. The Morgan fingerprint density at radius 1 is 0.870 bits per heavy atom. The zero-order valence-corrected chi connectivity index (χ0v) is 14.0. The van der Waals surface area contributed by atoms with E-state index in [1.165, 1.54) is 14.1 Å². The van der Waals surface area contributed by atoms with Crippen LogP contribution in [0.5, 0.6) is 0 Å². The second-order valence-electron chi connectivity index (χ2n) is 4.92. The first-order valence-corrected chi connectivity index (χ1v) is 8.20. The molecule has 0 radical (unpaired) electrons. The van der Waals surface area contributed by atoms with Crippen molar-refractivity contribution in [2.24, 2.45) is 0 Å². The lowest BCUT2D eigenvalue weighted by Gasteiger charge is -2.12. The number of hydrogen-bond donors (Lipinski definition) is 2. The van der Waals surface area contributed by atoms with Gasteiger partial charge in [0.05, 0.1) is 31.7 Å². The molecule has 2 N–H and O–H groups in total. The molecule has 5 nitrogen and oxygen atoms in total. The minimum absolute atomic E-state index is 0.311. The summed E-state index contributed by atoms with van der Waals surface area (Å²) in [5.74, 6) is -0.628. The van der Waals surface area contributed by atoms with Crippen LogP contribution in [0.15, 0.2) is 52.3 Å². The fraction of sp³-hybridized carbons (Fsp3) is 0.176. The summed E-state index contributed by atoms with van der Waals surface area (Å²) in [5.41, 5.74) is 1.57. The number of nitrogens with one attached hydrogen (secondary N) is 2. The van der Waals surface area contributed by atoms with E-state index in [4.69, 9.17) is 0 Å². The summed E-state index contributed by atoms with van der Waals surface area (Å²) in [6.07, 6.45) is 0. The maximum absolute atomic E-state index is 13.0. The van der Waals surface area contributed by atoms with Gasteiger partial charge in [0.15, 0.2) is 0 Å². The monoisotopic (exact) mass is 330 g/mol. The van der Waals surface area contributed by atoms with E-state index in [1.807, 2.05) is 6.92 Å². The Hall–Kier alpha value is -2.47. The summed E-state index contributed by atoms with van der Waals surface area (Å²) in [6.45, 7) is 1.86. The third-order valence-electron chi connectivity index (χ3n) is 3.36. The van der Waals surface area contributed by atoms with Gasteiger partial charge in [-0.1, -0.05) is 23.8 Å². The molecule has 0 spiro atoms. The molecule has 1 atom stereocenters. The predicted molar refractivity (Wildman–Crippen MR) is 89.1 cm³/mol. The molecular formula is C17H18N2O3S. The van der Waals surface area contributed by atoms with Crippen LogP contribution in [-0.2, 0) is 10.8 Å². The van der Waals surface area contributed by atoms with E-state index in [0.717, 1.165) is 5.56 Å². The lowest BCUT2D eigenvalue weighted by atomic mass is 10.1. The molecule has 23 heavy (non-hydrogen) atoms. The minimum atomic E-state index is -1.64. The Balaban J connectivity index is 2.59. The predicted octanol–water partition coefficient (Wildman–Crippen LogP) is 1.88. The van der Waals surface area contributed by atoms with Gasteiger partial charge in [0, 0.05) is 14.1 Å². The third-order valence-corrected chi connectivity index (χ3v) is 4.88. The minimum Gasteiger partial charge on any atom is -0.355 e. The fourth-order valence-corrected chi connectivity index (χ4v) is 3.53. The highest BCUT2D eigenvalue weighted by atomic mass is 32.2. The van der Waals surface area contributed by atoms with E-state index in [2.05, 4.69) is 10.6 Å². The molecule has 0 aliphatic rings. The van der Waals surface area contributed by atoms with Gasteiger partial charge >= 0.3 is 0 Å². The largest absolute Gasteiger partial charge is 0.355 e. The highest BCUT2D eigenvalue weighted by molar-refractivity contribution is 7.85. The van der Waals surface area contributed by atoms with E-state index in [9.17, 15) is 13.8 Å². The molecule has 2 amide bonds. The number of hydrogen-bond acceptors (Lipinski definition) is 3. The zero-order valence-electron chi connectivity index (χ0n) is 13.2. The molecule has 0 aliphatic heterocycles. The van der Waals surface area contributed by atoms with Crippen molar-refractivity contribution in [3.8, 4) is 0 Å². The SMILES string of the molecule is CNC(=O)c1ccccc1S(=O)c1ccc(C)cc1C(=O)NC. The van der Waals surface area contributed by atoms with Crippen molar-refractivity contribution < 1.29 is 13.8 Å². The van der Waals surface area contributed by atoms with Gasteiger partial charge in [0.1, 0.15) is 0 Å². The molecule has 0 fully saturated rings. The van der Waals surface area contributed by atoms with E-state index >= 15 is 0 Å². The molecule has 0 saturated heterocycles. The Morgan fingerprint density at radius 3 is 2.09 bits per heavy atom. The van der Waals surface area contributed by atoms with Crippen LogP contribution in [-0.4, -0.2) is 30.1 Å². The molecule has 2 rings (SSSR count). The van der Waals surface area contributed by atoms with E-state index in [1.54, 1.807) is 42.5 Å². The molecule has 0 aliphatic carbocycles. The lowest BCUT2D eigenvalue weighted by Crippen LogP contribution is -2.22. The molecular weight excluding hydrogens is 312 g/mol. The normalized spacial score (nSPS) is 11.6. The number of aryl methyl sites for hydroxylation is 1. The average Bonchev–Trinajstić information content (AvgIpc) is 2.59. The summed E-state index contributed by atoms with van der Waals surface area (Å²) >= 11 is 0. The Kier molecular flexibility index (Phi) is 5.28. The number of carbonyl (C=O) groups is 2. The second kappa shape index (κ2) is 7.19. The molecule has 0 aromatic heterocycles. The molecule has 0 bridgehead atoms. The lowest BCUT2D eigenvalue weighted by molar-refractivity contribution is 0.0953. The Labute approximate surface area is 137 Å². The van der Waals surface area contributed by atoms with E-state index in [-0.39, 0.29) is 11.8 Å². The van der Waals surface area contributed by atoms with Crippen molar-refractivity contribution in [3.05, 3.63) is 59.2 Å². The summed E-state index contributed by atoms with van der Waals surface area (Å²) < 4.78 is 13.0. The second-order valence-corrected chi connectivity index (χ2v) is 6.34. The number of carbonyl (C=O) groups excluding carboxylic acids is 2. The van der Waals surface area contributed by atoms with Crippen molar-refractivity contribution in [1.82, 2.24) is 10.6 Å². The van der Waals surface area contributed by atoms with Crippen molar-refractivity contribution in [3.63, 3.8) is 0 Å². The van der Waals surface area contributed by atoms with Gasteiger partial charge in [-0.3, -0.25) is 9.59 Å². The summed E-state index contributed by atoms with van der Waals surface area (Å²) in [5, 5.41) is 5.08. The van der Waals surface area contributed by atoms with E-state index in [0.29, 0.717) is 20.9 Å². The van der Waals surface area contributed by atoms with Crippen LogP contribution in [0, 0.1) is 6.92 Å². The summed E-state index contributed by atoms with van der Waals surface area (Å²) in [4.78, 5) is 24.8. The molecule has 1 unspecified atom stereocenters. The van der Waals surface area contributed by atoms with Gasteiger partial charge in [-0.15, -0.1) is 0 Å². The molecule has 2 aromatic carbocycles. The zero-order chi connectivity index (χ0) is 17.0. The van der Waals surface area contributed by atoms with Crippen molar-refractivity contribution in [2.45, 2.75) is 16.7 Å². The van der Waals surface area contributed by atoms with Gasteiger partial charge < -0.3 is 10.6 Å². The number of amides is 2. The summed E-state index contributed by atoms with van der Waals surface area (Å²) in [6, 6.07) is 11.8. The average molecular weight is 330 g/mol. The van der Waals surface area contributed by atoms with Crippen LogP contribution in [0.25, 0.3) is 0 Å². The fourth-order valence-electron chi connectivity index (χ4n) is 2.19. The first kappa shape index (κ1) is 16.9. The molecule has 2 aromatic rings. The number of rotatable bonds is 4. The maximum Gasteiger partial charge on any atom is 0.252 e. The molecule has 120 valence electrons. The smallest absolute Gasteiger partial charge is 0.252 e. The first-order chi connectivity index (χ1) is 11.0. The molecule has 0 heterocycles. The van der Waals surface area contributed by atoms with Gasteiger partial charge in [-0.2, -0.15) is 0 Å². The van der Waals surface area contributed by atoms with Gasteiger partial charge in [0.2, 0.25) is 0 Å². The van der Waals surface area contributed by atoms with Crippen molar-refractivity contribution in [1.29, 1.82) is 0 Å². The quantitative estimate of drug-likeness (QED) is 0.899. The van der Waals surface area contributed by atoms with E-state index < -0.39 is 10.8 Å². The van der Waals surface area contributed by atoms with Crippen molar-refractivity contribution >= 4 is 22.6 Å². The maximum atomic E-state index is 13.0. The Morgan fingerprint density at radius 2 is 1.43 bits per heavy atom. The molecule has 0 saturated carbocycles. The first-order valence-electron chi connectivity index (χ1n) is 7.05. The van der Waals surface area contributed by atoms with Gasteiger partial charge in [0.25, 0.3) is 11.8 Å².